The molecule has 0 aliphatic heterocycles. The molecule has 2 aromatic carbocycles. The maximum atomic E-state index is 12.7. The summed E-state index contributed by atoms with van der Waals surface area (Å²) in [4.78, 5) is 15.8. The molecule has 0 aliphatic carbocycles. The van der Waals surface area contributed by atoms with Gasteiger partial charge < -0.3 is 10.2 Å². The number of nitrogens with one attached hydrogen (secondary N) is 1. The van der Waals surface area contributed by atoms with Gasteiger partial charge in [-0.05, 0) is 51.5 Å². The van der Waals surface area contributed by atoms with E-state index in [0.717, 1.165) is 21.8 Å². The van der Waals surface area contributed by atoms with Crippen LogP contribution in [-0.2, 0) is 4.79 Å². The molecule has 0 saturated heterocycles. The van der Waals surface area contributed by atoms with E-state index in [2.05, 4.69) is 49.2 Å². The third-order valence-corrected chi connectivity index (χ3v) is 5.57. The number of aryl methyl sites for hydroxylation is 1. The number of nitriles is 1. The summed E-state index contributed by atoms with van der Waals surface area (Å²) in [5.41, 5.74) is 3.03. The highest BCUT2D eigenvalue weighted by molar-refractivity contribution is 7.99. The summed E-state index contributed by atoms with van der Waals surface area (Å²) in [6.07, 6.45) is 0. The Labute approximate surface area is 166 Å². The summed E-state index contributed by atoms with van der Waals surface area (Å²) in [6.45, 7) is 8.43. The number of rotatable bonds is 8. The molecule has 142 valence electrons. The van der Waals surface area contributed by atoms with E-state index in [1.54, 1.807) is 11.8 Å². The van der Waals surface area contributed by atoms with Crippen LogP contribution in [0, 0.1) is 24.2 Å². The van der Waals surface area contributed by atoms with E-state index in [-0.39, 0.29) is 24.4 Å². The molecule has 5 heteroatoms. The van der Waals surface area contributed by atoms with Crippen molar-refractivity contribution in [3.63, 3.8) is 0 Å². The maximum Gasteiger partial charge on any atom is 0.243 e. The normalized spacial score (nSPS) is 11.7. The fourth-order valence-corrected chi connectivity index (χ4v) is 3.68. The van der Waals surface area contributed by atoms with E-state index in [0.29, 0.717) is 5.75 Å². The third-order valence-electron chi connectivity index (χ3n) is 4.23. The van der Waals surface area contributed by atoms with Crippen LogP contribution in [-0.4, -0.2) is 24.2 Å². The van der Waals surface area contributed by atoms with E-state index in [1.807, 2.05) is 43.3 Å². The first-order valence-corrected chi connectivity index (χ1v) is 10.1. The molecular weight excluding hydrogens is 354 g/mol. The molecule has 2 aromatic rings. The van der Waals surface area contributed by atoms with Crippen LogP contribution < -0.4 is 10.2 Å². The van der Waals surface area contributed by atoms with Crippen molar-refractivity contribution in [2.75, 3.05) is 22.5 Å². The van der Waals surface area contributed by atoms with Crippen LogP contribution in [0.1, 0.15) is 26.3 Å². The summed E-state index contributed by atoms with van der Waals surface area (Å²) in [5.74, 6) is 0.620. The zero-order valence-corrected chi connectivity index (χ0v) is 17.2. The van der Waals surface area contributed by atoms with Crippen LogP contribution in [0.3, 0.4) is 0 Å². The zero-order chi connectivity index (χ0) is 19.8. The lowest BCUT2D eigenvalue weighted by Gasteiger charge is -2.30. The summed E-state index contributed by atoms with van der Waals surface area (Å²) < 4.78 is 0. The van der Waals surface area contributed by atoms with Crippen molar-refractivity contribution in [3.8, 4) is 6.07 Å². The van der Waals surface area contributed by atoms with Gasteiger partial charge in [-0.3, -0.25) is 4.79 Å². The smallest absolute Gasteiger partial charge is 0.243 e. The van der Waals surface area contributed by atoms with Crippen LogP contribution >= 0.6 is 11.8 Å². The minimum atomic E-state index is -0.0478. The molecule has 0 bridgehead atoms. The molecule has 2 rings (SSSR count). The maximum absolute atomic E-state index is 12.7. The van der Waals surface area contributed by atoms with Crippen molar-refractivity contribution in [1.82, 2.24) is 0 Å². The number of para-hydroxylation sites is 2. The van der Waals surface area contributed by atoms with Crippen LogP contribution in [0.5, 0.6) is 0 Å². The van der Waals surface area contributed by atoms with E-state index in [4.69, 9.17) is 5.26 Å². The molecule has 0 radical (unpaired) electrons. The van der Waals surface area contributed by atoms with Crippen LogP contribution in [0.2, 0.25) is 0 Å². The number of thioether (sulfide) groups is 1. The topological polar surface area (TPSA) is 56.1 Å². The highest BCUT2D eigenvalue weighted by Gasteiger charge is 2.17. The van der Waals surface area contributed by atoms with Gasteiger partial charge in [0.15, 0.2) is 0 Å². The first kappa shape index (κ1) is 20.9. The van der Waals surface area contributed by atoms with Crippen LogP contribution in [0.4, 0.5) is 11.4 Å². The Hall–Kier alpha value is -2.45. The molecule has 0 spiro atoms. The zero-order valence-electron chi connectivity index (χ0n) is 16.4. The Morgan fingerprint density at radius 1 is 1.15 bits per heavy atom. The number of hydrogen-bond acceptors (Lipinski definition) is 4. The second-order valence-electron chi connectivity index (χ2n) is 6.89. The monoisotopic (exact) mass is 381 g/mol. The average molecular weight is 382 g/mol. The third kappa shape index (κ3) is 6.04. The fraction of sp³-hybridized carbons (Fsp3) is 0.364. The molecule has 1 atom stereocenters. The molecule has 0 aromatic heterocycles. The minimum Gasteiger partial charge on any atom is -0.360 e. The minimum absolute atomic E-state index is 0.0313. The molecule has 27 heavy (non-hydrogen) atoms. The number of nitrogens with zero attached hydrogens (tertiary/aromatic N) is 2. The SMILES string of the molecule is Cc1ccccc1N(CC(=O)Nc1ccccc1SCC(C)C#N)C(C)C. The first-order valence-electron chi connectivity index (χ1n) is 9.16. The molecular formula is C22H27N3OS. The van der Waals surface area contributed by atoms with Crippen molar-refractivity contribution >= 4 is 29.0 Å². The number of benzene rings is 2. The predicted molar refractivity (Wildman–Crippen MR) is 114 cm³/mol. The van der Waals surface area contributed by atoms with Crippen molar-refractivity contribution in [3.05, 3.63) is 54.1 Å². The van der Waals surface area contributed by atoms with Crippen LogP contribution in [0.15, 0.2) is 53.4 Å². The number of carbonyl (C=O) groups excluding carboxylic acids is 1. The van der Waals surface area contributed by atoms with Crippen molar-refractivity contribution in [1.29, 1.82) is 5.26 Å². The Kier molecular flexibility index (Phi) is 7.75. The standard InChI is InChI=1S/C22H27N3OS/c1-16(2)25(20-11-7-5-9-18(20)4)14-22(26)24-19-10-6-8-12-21(19)27-15-17(3)13-23/h5-12,16-17H,14-15H2,1-4H3,(H,24,26). The predicted octanol–water partition coefficient (Wildman–Crippen LogP) is 5.10. The Bertz CT molecular complexity index is 813. The molecule has 0 fully saturated rings. The van der Waals surface area contributed by atoms with E-state index in [9.17, 15) is 4.79 Å². The summed E-state index contributed by atoms with van der Waals surface area (Å²) in [6, 6.07) is 18.3. The lowest BCUT2D eigenvalue weighted by molar-refractivity contribution is -0.115. The van der Waals surface area contributed by atoms with E-state index < -0.39 is 0 Å². The lowest BCUT2D eigenvalue weighted by atomic mass is 10.1. The Morgan fingerprint density at radius 2 is 1.81 bits per heavy atom. The summed E-state index contributed by atoms with van der Waals surface area (Å²) in [5, 5.41) is 12.0. The number of anilines is 2. The number of amides is 1. The second-order valence-corrected chi connectivity index (χ2v) is 7.96. The van der Waals surface area contributed by atoms with Gasteiger partial charge in [-0.25, -0.2) is 0 Å². The van der Waals surface area contributed by atoms with Gasteiger partial charge in [-0.2, -0.15) is 5.26 Å². The average Bonchev–Trinajstić information content (AvgIpc) is 2.65. The van der Waals surface area contributed by atoms with Gasteiger partial charge in [-0.15, -0.1) is 11.8 Å². The van der Waals surface area contributed by atoms with Crippen molar-refractivity contribution < 1.29 is 4.79 Å². The van der Waals surface area contributed by atoms with Gasteiger partial charge in [0, 0.05) is 22.4 Å². The van der Waals surface area contributed by atoms with Gasteiger partial charge in [0.1, 0.15) is 0 Å². The van der Waals surface area contributed by atoms with Gasteiger partial charge in [0.25, 0.3) is 0 Å². The first-order chi connectivity index (χ1) is 12.9. The number of hydrogen-bond donors (Lipinski definition) is 1. The summed E-state index contributed by atoms with van der Waals surface area (Å²) >= 11 is 1.59. The van der Waals surface area contributed by atoms with Gasteiger partial charge in [0.05, 0.1) is 24.2 Å². The fourth-order valence-electron chi connectivity index (χ4n) is 2.72. The second kappa shape index (κ2) is 10.0. The number of carbonyl (C=O) groups is 1. The summed E-state index contributed by atoms with van der Waals surface area (Å²) in [7, 11) is 0. The largest absolute Gasteiger partial charge is 0.360 e. The molecule has 1 amide bonds. The molecule has 1 unspecified atom stereocenters. The van der Waals surface area contributed by atoms with Crippen molar-refractivity contribution in [2.45, 2.75) is 38.6 Å². The van der Waals surface area contributed by atoms with E-state index >= 15 is 0 Å². The van der Waals surface area contributed by atoms with Gasteiger partial charge >= 0.3 is 0 Å². The molecule has 0 saturated carbocycles. The molecule has 4 nitrogen and oxygen atoms in total. The quantitative estimate of drug-likeness (QED) is 0.646. The Morgan fingerprint density at radius 3 is 2.48 bits per heavy atom. The molecule has 0 aliphatic rings. The highest BCUT2D eigenvalue weighted by atomic mass is 32.2. The molecule has 0 heterocycles. The van der Waals surface area contributed by atoms with Crippen LogP contribution in [0.25, 0.3) is 0 Å². The Balaban J connectivity index is 2.10. The highest BCUT2D eigenvalue weighted by Crippen LogP contribution is 2.29. The van der Waals surface area contributed by atoms with E-state index in [1.165, 1.54) is 0 Å². The molecule has 1 N–H and O–H groups in total. The van der Waals surface area contributed by atoms with Crippen molar-refractivity contribution in [2.24, 2.45) is 5.92 Å². The van der Waals surface area contributed by atoms with Gasteiger partial charge in [-0.1, -0.05) is 30.3 Å². The lowest BCUT2D eigenvalue weighted by Crippen LogP contribution is -2.38. The van der Waals surface area contributed by atoms with Gasteiger partial charge in [0.2, 0.25) is 5.91 Å².